The van der Waals surface area contributed by atoms with E-state index < -0.39 is 0 Å². The Morgan fingerprint density at radius 2 is 1.73 bits per heavy atom. The second-order valence-corrected chi connectivity index (χ2v) is 6.32. The number of pyridine rings is 1. The molecular formula is C22H24N4. The van der Waals surface area contributed by atoms with Crippen molar-refractivity contribution in [3.63, 3.8) is 0 Å². The van der Waals surface area contributed by atoms with E-state index in [0.717, 1.165) is 41.9 Å². The van der Waals surface area contributed by atoms with Crippen molar-refractivity contribution in [3.05, 3.63) is 65.9 Å². The van der Waals surface area contributed by atoms with Gasteiger partial charge in [-0.2, -0.15) is 5.26 Å². The Morgan fingerprint density at radius 1 is 1.00 bits per heavy atom. The predicted octanol–water partition coefficient (Wildman–Crippen LogP) is 4.59. The van der Waals surface area contributed by atoms with Gasteiger partial charge in [-0.1, -0.05) is 42.5 Å². The van der Waals surface area contributed by atoms with Gasteiger partial charge in [0.25, 0.3) is 0 Å². The molecule has 0 unspecified atom stereocenters. The van der Waals surface area contributed by atoms with E-state index in [0.29, 0.717) is 5.56 Å². The largest absolute Gasteiger partial charge is 0.370 e. The fourth-order valence-corrected chi connectivity index (χ4v) is 3.40. The van der Waals surface area contributed by atoms with Crippen molar-refractivity contribution in [2.45, 2.75) is 20.4 Å². The Balaban J connectivity index is 2.13. The van der Waals surface area contributed by atoms with Crippen LogP contribution in [0.1, 0.15) is 25.0 Å². The van der Waals surface area contributed by atoms with Crippen LogP contribution in [0.5, 0.6) is 0 Å². The molecule has 0 saturated heterocycles. The van der Waals surface area contributed by atoms with Crippen LogP contribution < -0.4 is 9.80 Å². The molecule has 1 heterocycles. The number of hydrogen-bond donors (Lipinski definition) is 0. The van der Waals surface area contributed by atoms with Gasteiger partial charge in [0.05, 0.1) is 23.5 Å². The van der Waals surface area contributed by atoms with Gasteiger partial charge in [0.15, 0.2) is 0 Å². The van der Waals surface area contributed by atoms with Crippen molar-refractivity contribution in [2.24, 2.45) is 0 Å². The number of hydrogen-bond acceptors (Lipinski definition) is 4. The molecule has 4 heteroatoms. The number of rotatable bonds is 6. The van der Waals surface area contributed by atoms with E-state index >= 15 is 0 Å². The minimum Gasteiger partial charge on any atom is -0.370 e. The van der Waals surface area contributed by atoms with Gasteiger partial charge in [0.1, 0.15) is 5.82 Å². The minimum atomic E-state index is 0.696. The molecule has 3 aromatic rings. The van der Waals surface area contributed by atoms with E-state index in [1.54, 1.807) is 0 Å². The second kappa shape index (κ2) is 7.88. The molecule has 132 valence electrons. The summed E-state index contributed by atoms with van der Waals surface area (Å²) in [6, 6.07) is 18.6. The fourth-order valence-electron chi connectivity index (χ4n) is 3.40. The van der Waals surface area contributed by atoms with E-state index in [1.807, 2.05) is 43.6 Å². The molecule has 0 bridgehead atoms. The summed E-state index contributed by atoms with van der Waals surface area (Å²) in [6.07, 6.45) is 1.91. The summed E-state index contributed by atoms with van der Waals surface area (Å²) in [6.45, 7) is 6.78. The lowest BCUT2D eigenvalue weighted by Gasteiger charge is -2.26. The zero-order valence-electron chi connectivity index (χ0n) is 15.6. The fraction of sp³-hybridized carbons (Fsp3) is 0.273. The highest BCUT2D eigenvalue weighted by Gasteiger charge is 2.17. The van der Waals surface area contributed by atoms with Crippen LogP contribution in [0.4, 0.5) is 11.5 Å². The standard InChI is InChI=1S/C22H24N4/c1-4-26(5-2)20-15-24-22(19-13-9-12-18(14-23)21(19)20)25(3)16-17-10-7-6-8-11-17/h6-13,15H,4-5,16H2,1-3H3. The number of anilines is 2. The lowest BCUT2D eigenvalue weighted by atomic mass is 10.0. The Labute approximate surface area is 155 Å². The summed E-state index contributed by atoms with van der Waals surface area (Å²) in [4.78, 5) is 9.16. The second-order valence-electron chi connectivity index (χ2n) is 6.32. The van der Waals surface area contributed by atoms with Crippen molar-refractivity contribution in [1.29, 1.82) is 5.26 Å². The third-order valence-corrected chi connectivity index (χ3v) is 4.72. The monoisotopic (exact) mass is 344 g/mol. The van der Waals surface area contributed by atoms with Gasteiger partial charge in [-0.25, -0.2) is 4.98 Å². The quantitative estimate of drug-likeness (QED) is 0.656. The molecule has 4 nitrogen and oxygen atoms in total. The van der Waals surface area contributed by atoms with Gasteiger partial charge < -0.3 is 9.80 Å². The van der Waals surface area contributed by atoms with Crippen molar-refractivity contribution < 1.29 is 0 Å². The summed E-state index contributed by atoms with van der Waals surface area (Å²) in [7, 11) is 2.05. The lowest BCUT2D eigenvalue weighted by molar-refractivity contribution is 0.862. The molecule has 0 N–H and O–H groups in total. The first-order chi connectivity index (χ1) is 12.7. The SMILES string of the molecule is CCN(CC)c1cnc(N(C)Cc2ccccc2)c2cccc(C#N)c12. The van der Waals surface area contributed by atoms with Crippen LogP contribution >= 0.6 is 0 Å². The highest BCUT2D eigenvalue weighted by Crippen LogP contribution is 2.34. The first-order valence-corrected chi connectivity index (χ1v) is 9.01. The lowest BCUT2D eigenvalue weighted by Crippen LogP contribution is -2.23. The van der Waals surface area contributed by atoms with E-state index in [-0.39, 0.29) is 0 Å². The molecule has 3 rings (SSSR count). The third-order valence-electron chi connectivity index (χ3n) is 4.72. The van der Waals surface area contributed by atoms with E-state index in [2.05, 4.69) is 47.9 Å². The summed E-state index contributed by atoms with van der Waals surface area (Å²) in [5, 5.41) is 11.7. The molecule has 0 aliphatic carbocycles. The van der Waals surface area contributed by atoms with Crippen molar-refractivity contribution in [1.82, 2.24) is 4.98 Å². The van der Waals surface area contributed by atoms with Crippen LogP contribution in [0.3, 0.4) is 0 Å². The first kappa shape index (κ1) is 17.8. The average Bonchev–Trinajstić information content (AvgIpc) is 2.69. The Kier molecular flexibility index (Phi) is 5.38. The zero-order chi connectivity index (χ0) is 18.5. The molecule has 0 amide bonds. The van der Waals surface area contributed by atoms with Gasteiger partial charge in [-0.15, -0.1) is 0 Å². The summed E-state index contributed by atoms with van der Waals surface area (Å²) >= 11 is 0. The molecule has 0 spiro atoms. The van der Waals surface area contributed by atoms with Gasteiger partial charge in [-0.3, -0.25) is 0 Å². The van der Waals surface area contributed by atoms with Gasteiger partial charge in [0, 0.05) is 37.5 Å². The normalized spacial score (nSPS) is 10.5. The number of nitriles is 1. The first-order valence-electron chi connectivity index (χ1n) is 9.01. The maximum Gasteiger partial charge on any atom is 0.136 e. The van der Waals surface area contributed by atoms with E-state index in [4.69, 9.17) is 4.98 Å². The number of benzene rings is 2. The van der Waals surface area contributed by atoms with E-state index in [9.17, 15) is 5.26 Å². The summed E-state index contributed by atoms with van der Waals surface area (Å²) in [5.41, 5.74) is 2.95. The van der Waals surface area contributed by atoms with Crippen LogP contribution in [-0.4, -0.2) is 25.1 Å². The molecule has 0 atom stereocenters. The molecule has 0 saturated carbocycles. The summed E-state index contributed by atoms with van der Waals surface area (Å²) in [5.74, 6) is 0.900. The molecule has 0 radical (unpaired) electrons. The zero-order valence-corrected chi connectivity index (χ0v) is 15.6. The summed E-state index contributed by atoms with van der Waals surface area (Å²) < 4.78 is 0. The number of nitrogens with zero attached hydrogens (tertiary/aromatic N) is 4. The van der Waals surface area contributed by atoms with Crippen LogP contribution in [0.25, 0.3) is 10.8 Å². The molecule has 0 fully saturated rings. The van der Waals surface area contributed by atoms with Gasteiger partial charge in [-0.05, 0) is 25.5 Å². The number of fused-ring (bicyclic) bond motifs is 1. The molecule has 26 heavy (non-hydrogen) atoms. The van der Waals surface area contributed by atoms with Gasteiger partial charge >= 0.3 is 0 Å². The van der Waals surface area contributed by atoms with Crippen LogP contribution in [-0.2, 0) is 6.54 Å². The van der Waals surface area contributed by atoms with Crippen LogP contribution in [0.15, 0.2) is 54.7 Å². The molecule has 2 aromatic carbocycles. The van der Waals surface area contributed by atoms with Gasteiger partial charge in [0.2, 0.25) is 0 Å². The Hall–Kier alpha value is -3.06. The smallest absolute Gasteiger partial charge is 0.136 e. The highest BCUT2D eigenvalue weighted by molar-refractivity contribution is 6.03. The van der Waals surface area contributed by atoms with Crippen molar-refractivity contribution in [3.8, 4) is 6.07 Å². The average molecular weight is 344 g/mol. The van der Waals surface area contributed by atoms with Crippen molar-refractivity contribution in [2.75, 3.05) is 29.9 Å². The molecule has 1 aromatic heterocycles. The molecular weight excluding hydrogens is 320 g/mol. The Morgan fingerprint density at radius 3 is 2.38 bits per heavy atom. The van der Waals surface area contributed by atoms with Crippen molar-refractivity contribution >= 4 is 22.3 Å². The maximum atomic E-state index is 9.65. The Bertz CT molecular complexity index is 924. The molecule has 0 aliphatic heterocycles. The maximum absolute atomic E-state index is 9.65. The third kappa shape index (κ3) is 3.34. The highest BCUT2D eigenvalue weighted by atomic mass is 15.2. The van der Waals surface area contributed by atoms with E-state index in [1.165, 1.54) is 5.56 Å². The molecule has 0 aliphatic rings. The van der Waals surface area contributed by atoms with Crippen LogP contribution in [0.2, 0.25) is 0 Å². The minimum absolute atomic E-state index is 0.696. The predicted molar refractivity (Wildman–Crippen MR) is 109 cm³/mol. The number of aromatic nitrogens is 1. The van der Waals surface area contributed by atoms with Crippen LogP contribution in [0, 0.1) is 11.3 Å². The topological polar surface area (TPSA) is 43.2 Å².